The second kappa shape index (κ2) is 12.6. The molecule has 0 amide bonds. The number of benzene rings is 1. The van der Waals surface area contributed by atoms with Crippen molar-refractivity contribution in [1.29, 1.82) is 5.26 Å². The molecule has 0 spiro atoms. The molecule has 1 N–H and O–H groups in total. The van der Waals surface area contributed by atoms with Crippen LogP contribution in [-0.2, 0) is 6.54 Å². The Morgan fingerprint density at radius 2 is 1.92 bits per heavy atom. The summed E-state index contributed by atoms with van der Waals surface area (Å²) in [5, 5.41) is 22.2. The minimum Gasteiger partial charge on any atom is -0.478 e. The number of alkyl halides is 2. The highest BCUT2D eigenvalue weighted by Crippen LogP contribution is 2.75. The smallest absolute Gasteiger partial charge is 0.338 e. The standard InChI is InChI=1S/C39H34ClF2N7O3S/c1-22-46-30-17-45-34(47(3)25-9-13-48(14-10-25)39-19-38(20-39,21-39)37(2,41)42)28(16-43)31(30)35(50)49(22)12-4-5-23-6-7-24(40)15-27(23)26-8-11-44-32-29(36(51)52)18-53-33(26)32/h6-8,11,15,17-18,25H,9-10,12-14,19-21H2,1-3H3,(H,51,52). The molecule has 0 unspecified atom stereocenters. The van der Waals surface area contributed by atoms with Crippen LogP contribution in [-0.4, -0.2) is 73.1 Å². The van der Waals surface area contributed by atoms with Crippen molar-refractivity contribution < 1.29 is 18.7 Å². The van der Waals surface area contributed by atoms with E-state index in [0.717, 1.165) is 38.4 Å². The lowest BCUT2D eigenvalue weighted by molar-refractivity contribution is -0.313. The molecule has 3 aliphatic carbocycles. The van der Waals surface area contributed by atoms with Crippen molar-refractivity contribution >= 4 is 55.8 Å². The van der Waals surface area contributed by atoms with Gasteiger partial charge >= 0.3 is 5.97 Å². The number of likely N-dealkylation sites (tertiary alicyclic amines) is 1. The second-order valence-corrected chi connectivity index (χ2v) is 15.9. The number of hydrogen-bond donors (Lipinski definition) is 1. The van der Waals surface area contributed by atoms with E-state index in [1.54, 1.807) is 42.8 Å². The molecule has 14 heteroatoms. The third kappa shape index (κ3) is 5.56. The zero-order chi connectivity index (χ0) is 37.4. The van der Waals surface area contributed by atoms with Crippen LogP contribution >= 0.6 is 22.9 Å². The van der Waals surface area contributed by atoms with Crippen LogP contribution in [0.25, 0.3) is 32.2 Å². The van der Waals surface area contributed by atoms with Crippen molar-refractivity contribution in [3.63, 3.8) is 0 Å². The molecule has 270 valence electrons. The highest BCUT2D eigenvalue weighted by Gasteiger charge is 2.77. The SMILES string of the molecule is Cc1nc2cnc(N(C)C3CCN(C45CC(C(C)(F)F)(C4)C5)CC3)c(C#N)c2c(=O)n1CC#Cc1ccc(Cl)cc1-c1ccnc2c(C(=O)O)csc12. The van der Waals surface area contributed by atoms with E-state index < -0.39 is 22.9 Å². The first-order valence-electron chi connectivity index (χ1n) is 17.3. The number of piperidine rings is 1. The lowest BCUT2D eigenvalue weighted by Crippen LogP contribution is -2.79. The number of aryl methyl sites for hydroxylation is 1. The van der Waals surface area contributed by atoms with E-state index in [2.05, 4.69) is 37.8 Å². The Bertz CT molecular complexity index is 2500. The maximum absolute atomic E-state index is 14.1. The van der Waals surface area contributed by atoms with Gasteiger partial charge in [0.1, 0.15) is 23.3 Å². The third-order valence-corrected chi connectivity index (χ3v) is 12.9. The molecule has 1 aromatic carbocycles. The zero-order valence-corrected chi connectivity index (χ0v) is 30.8. The van der Waals surface area contributed by atoms with Crippen molar-refractivity contribution in [3.05, 3.63) is 79.9 Å². The number of nitrogens with zero attached hydrogens (tertiary/aromatic N) is 7. The summed E-state index contributed by atoms with van der Waals surface area (Å²) in [7, 11) is 1.88. The Morgan fingerprint density at radius 1 is 1.19 bits per heavy atom. The number of fused-ring (bicyclic) bond motifs is 2. The summed E-state index contributed by atoms with van der Waals surface area (Å²) >= 11 is 7.68. The molecule has 4 fully saturated rings. The summed E-state index contributed by atoms with van der Waals surface area (Å²) in [6.45, 7) is 4.30. The van der Waals surface area contributed by atoms with Gasteiger partial charge in [-0.25, -0.2) is 23.5 Å². The number of halogens is 3. The third-order valence-electron chi connectivity index (χ3n) is 11.6. The summed E-state index contributed by atoms with van der Waals surface area (Å²) in [6.07, 6.45) is 6.32. The normalized spacial score (nSPS) is 21.4. The molecule has 3 saturated carbocycles. The van der Waals surface area contributed by atoms with Crippen LogP contribution in [0.1, 0.15) is 66.3 Å². The van der Waals surface area contributed by atoms with Crippen LogP contribution < -0.4 is 10.5 Å². The predicted octanol–water partition coefficient (Wildman–Crippen LogP) is 7.13. The second-order valence-electron chi connectivity index (χ2n) is 14.6. The molecular formula is C39H34ClF2N7O3S. The van der Waals surface area contributed by atoms with E-state index in [9.17, 15) is 28.7 Å². The summed E-state index contributed by atoms with van der Waals surface area (Å²) in [5.41, 5.74) is 1.71. The van der Waals surface area contributed by atoms with E-state index in [-0.39, 0.29) is 34.6 Å². The predicted molar refractivity (Wildman–Crippen MR) is 200 cm³/mol. The molecule has 0 radical (unpaired) electrons. The summed E-state index contributed by atoms with van der Waals surface area (Å²) < 4.78 is 30.3. The van der Waals surface area contributed by atoms with Gasteiger partial charge in [0.05, 0.1) is 39.4 Å². The van der Waals surface area contributed by atoms with Crippen LogP contribution in [0, 0.1) is 35.5 Å². The number of nitriles is 1. The number of aromatic nitrogens is 4. The van der Waals surface area contributed by atoms with Gasteiger partial charge in [0.15, 0.2) is 0 Å². The van der Waals surface area contributed by atoms with Crippen molar-refractivity contribution in [2.75, 3.05) is 25.0 Å². The number of rotatable bonds is 7. The minimum absolute atomic E-state index is 0.00653. The Balaban J connectivity index is 1.05. The van der Waals surface area contributed by atoms with E-state index in [1.807, 2.05) is 11.9 Å². The lowest BCUT2D eigenvalue weighted by Gasteiger charge is -2.75. The number of pyridine rings is 2. The maximum Gasteiger partial charge on any atom is 0.338 e. The number of aromatic carboxylic acids is 1. The van der Waals surface area contributed by atoms with Gasteiger partial charge in [-0.05, 0) is 70.2 Å². The largest absolute Gasteiger partial charge is 0.478 e. The first-order chi connectivity index (χ1) is 25.3. The quantitative estimate of drug-likeness (QED) is 0.173. The fourth-order valence-corrected chi connectivity index (χ4v) is 9.86. The fourth-order valence-electron chi connectivity index (χ4n) is 8.66. The summed E-state index contributed by atoms with van der Waals surface area (Å²) in [4.78, 5) is 43.7. The number of carbonyl (C=O) groups is 1. The first kappa shape index (κ1) is 35.1. The van der Waals surface area contributed by atoms with Crippen molar-refractivity contribution in [1.82, 2.24) is 24.4 Å². The molecule has 10 nitrogen and oxygen atoms in total. The van der Waals surface area contributed by atoms with Gasteiger partial charge in [0.2, 0.25) is 0 Å². The Hall–Kier alpha value is -4.95. The van der Waals surface area contributed by atoms with Gasteiger partial charge in [-0.3, -0.25) is 19.2 Å². The van der Waals surface area contributed by atoms with Gasteiger partial charge in [-0.1, -0.05) is 23.4 Å². The lowest BCUT2D eigenvalue weighted by atomic mass is 9.36. The molecule has 9 rings (SSSR count). The number of thiophene rings is 1. The molecule has 4 aliphatic rings. The van der Waals surface area contributed by atoms with Gasteiger partial charge < -0.3 is 10.0 Å². The Morgan fingerprint density at radius 3 is 2.60 bits per heavy atom. The first-order valence-corrected chi connectivity index (χ1v) is 18.6. The van der Waals surface area contributed by atoms with E-state index >= 15 is 0 Å². The van der Waals surface area contributed by atoms with E-state index in [0.29, 0.717) is 62.8 Å². The molecule has 0 atom stereocenters. The minimum atomic E-state index is -2.64. The Labute approximate surface area is 312 Å². The molecule has 1 aliphatic heterocycles. The molecular weight excluding hydrogens is 720 g/mol. The average molecular weight is 754 g/mol. The van der Waals surface area contributed by atoms with Gasteiger partial charge in [-0.15, -0.1) is 11.3 Å². The number of hydrogen-bond acceptors (Lipinski definition) is 9. The van der Waals surface area contributed by atoms with Gasteiger partial charge in [-0.2, -0.15) is 5.26 Å². The van der Waals surface area contributed by atoms with Gasteiger partial charge in [0, 0.05) is 70.4 Å². The van der Waals surface area contributed by atoms with Crippen LogP contribution in [0.15, 0.2) is 46.8 Å². The fraction of sp³-hybridized carbons (Fsp3) is 0.385. The average Bonchev–Trinajstić information content (AvgIpc) is 3.53. The topological polar surface area (TPSA) is 128 Å². The monoisotopic (exact) mass is 753 g/mol. The molecule has 2 bridgehead atoms. The molecule has 5 aromatic rings. The number of carboxylic acids is 1. The highest BCUT2D eigenvalue weighted by atomic mass is 35.5. The summed E-state index contributed by atoms with van der Waals surface area (Å²) in [6, 6.07) is 9.34. The highest BCUT2D eigenvalue weighted by molar-refractivity contribution is 7.18. The van der Waals surface area contributed by atoms with Crippen LogP contribution in [0.4, 0.5) is 14.6 Å². The molecule has 53 heavy (non-hydrogen) atoms. The molecule has 5 heterocycles. The summed E-state index contributed by atoms with van der Waals surface area (Å²) in [5.74, 6) is 3.38. The number of anilines is 1. The molecule has 1 saturated heterocycles. The van der Waals surface area contributed by atoms with Gasteiger partial charge in [0.25, 0.3) is 11.5 Å². The van der Waals surface area contributed by atoms with Crippen LogP contribution in [0.3, 0.4) is 0 Å². The van der Waals surface area contributed by atoms with Crippen LogP contribution in [0.2, 0.25) is 5.02 Å². The molecule has 4 aromatic heterocycles. The van der Waals surface area contributed by atoms with E-state index in [4.69, 9.17) is 11.6 Å². The van der Waals surface area contributed by atoms with Crippen molar-refractivity contribution in [3.8, 4) is 29.0 Å². The van der Waals surface area contributed by atoms with E-state index in [1.165, 1.54) is 22.1 Å². The zero-order valence-electron chi connectivity index (χ0n) is 29.2. The maximum atomic E-state index is 14.1. The van der Waals surface area contributed by atoms with Crippen molar-refractivity contribution in [2.45, 2.75) is 70.0 Å². The van der Waals surface area contributed by atoms with Crippen LogP contribution in [0.5, 0.6) is 0 Å². The number of carboxylic acid groups (broad SMARTS) is 1. The van der Waals surface area contributed by atoms with Crippen molar-refractivity contribution in [2.24, 2.45) is 5.41 Å². The Kier molecular flexibility index (Phi) is 8.33.